The maximum absolute atomic E-state index is 12.4. The van der Waals surface area contributed by atoms with Gasteiger partial charge in [-0.1, -0.05) is 24.1 Å². The molecule has 156 valence electrons. The third-order valence-corrected chi connectivity index (χ3v) is 5.78. The number of hydrogen-bond donors (Lipinski definition) is 2. The average molecular weight is 426 g/mol. The summed E-state index contributed by atoms with van der Waals surface area (Å²) < 4.78 is 35.0. The van der Waals surface area contributed by atoms with Crippen molar-refractivity contribution in [1.82, 2.24) is 4.98 Å². The minimum Gasteiger partial charge on any atom is -0.481 e. The van der Waals surface area contributed by atoms with Gasteiger partial charge >= 0.3 is 16.1 Å². The molecule has 1 aromatic heterocycles. The number of nitrogens with two attached hydrogens (primary N) is 1. The number of benzene rings is 2. The summed E-state index contributed by atoms with van der Waals surface area (Å²) in [6.45, 7) is 3.76. The lowest BCUT2D eigenvalue weighted by Crippen LogP contribution is -2.35. The van der Waals surface area contributed by atoms with E-state index in [1.165, 1.54) is 24.3 Å². The Morgan fingerprint density at radius 2 is 1.87 bits per heavy atom. The molecule has 0 saturated carbocycles. The summed E-state index contributed by atoms with van der Waals surface area (Å²) in [5.74, 6) is 4.87. The molecule has 1 heterocycles. The van der Waals surface area contributed by atoms with Crippen LogP contribution in [0.4, 0.5) is 0 Å². The number of aromatic amines is 1. The summed E-state index contributed by atoms with van der Waals surface area (Å²) in [4.78, 5) is 15.4. The Morgan fingerprint density at radius 3 is 2.57 bits per heavy atom. The maximum atomic E-state index is 12.4. The van der Waals surface area contributed by atoms with Crippen LogP contribution in [0.2, 0.25) is 0 Å². The number of rotatable bonds is 7. The molecule has 0 spiro atoms. The largest absolute Gasteiger partial charge is 0.481 e. The van der Waals surface area contributed by atoms with E-state index in [0.29, 0.717) is 5.75 Å². The van der Waals surface area contributed by atoms with E-state index in [-0.39, 0.29) is 17.9 Å². The van der Waals surface area contributed by atoms with Crippen molar-refractivity contribution < 1.29 is 22.1 Å². The number of carbonyl (C=O) groups is 1. The second-order valence-corrected chi connectivity index (χ2v) is 8.17. The minimum atomic E-state index is -4.30. The summed E-state index contributed by atoms with van der Waals surface area (Å²) in [6.07, 6.45) is 0.148. The van der Waals surface area contributed by atoms with E-state index in [0.717, 1.165) is 22.2 Å². The van der Waals surface area contributed by atoms with Gasteiger partial charge < -0.3 is 19.6 Å². The lowest BCUT2D eigenvalue weighted by atomic mass is 10.0. The fraction of sp³-hybridized carbons (Fsp3) is 0.227. The second-order valence-electron chi connectivity index (χ2n) is 6.63. The second kappa shape index (κ2) is 9.03. The molecule has 0 amide bonds. The van der Waals surface area contributed by atoms with E-state index in [9.17, 15) is 13.2 Å². The molecule has 0 aliphatic rings. The van der Waals surface area contributed by atoms with Crippen molar-refractivity contribution in [2.45, 2.75) is 31.2 Å². The van der Waals surface area contributed by atoms with Crippen molar-refractivity contribution in [1.29, 1.82) is 0 Å². The molecule has 0 unspecified atom stereocenters. The Morgan fingerprint density at radius 1 is 1.17 bits per heavy atom. The topological polar surface area (TPSA) is 111 Å². The molecule has 3 aromatic rings. The van der Waals surface area contributed by atoms with E-state index >= 15 is 0 Å². The first-order valence-corrected chi connectivity index (χ1v) is 10.6. The van der Waals surface area contributed by atoms with E-state index in [2.05, 4.69) is 16.8 Å². The first kappa shape index (κ1) is 21.4. The molecule has 0 aliphatic heterocycles. The maximum Gasteiger partial charge on any atom is 0.341 e. The SMILES string of the molecule is CC#CCOc1ccc(S(=O)(=O)OC(=O)[C@@H](N)Cc2c(C)[nH]c3ccccc23)cc1. The molecule has 3 rings (SSSR count). The molecule has 2 aromatic carbocycles. The van der Waals surface area contributed by atoms with Crippen LogP contribution in [0, 0.1) is 18.8 Å². The van der Waals surface area contributed by atoms with E-state index in [1.807, 2.05) is 31.2 Å². The highest BCUT2D eigenvalue weighted by Gasteiger charge is 2.26. The minimum absolute atomic E-state index is 0.148. The van der Waals surface area contributed by atoms with Crippen LogP contribution in [0.1, 0.15) is 18.2 Å². The van der Waals surface area contributed by atoms with Crippen LogP contribution >= 0.6 is 0 Å². The number of ether oxygens (including phenoxy) is 1. The molecule has 30 heavy (non-hydrogen) atoms. The number of hydrogen-bond acceptors (Lipinski definition) is 6. The van der Waals surface area contributed by atoms with Crippen LogP contribution in [0.5, 0.6) is 5.75 Å². The van der Waals surface area contributed by atoms with Crippen molar-refractivity contribution >= 4 is 27.0 Å². The Hall–Kier alpha value is -3.28. The summed E-state index contributed by atoms with van der Waals surface area (Å²) >= 11 is 0. The van der Waals surface area contributed by atoms with Crippen LogP contribution in [0.25, 0.3) is 10.9 Å². The molecule has 0 aliphatic carbocycles. The van der Waals surface area contributed by atoms with Gasteiger partial charge in [0.15, 0.2) is 0 Å². The number of aromatic nitrogens is 1. The Labute approximate surface area is 175 Å². The van der Waals surface area contributed by atoms with Crippen LogP contribution in [0.3, 0.4) is 0 Å². The normalized spacial score (nSPS) is 12.1. The lowest BCUT2D eigenvalue weighted by Gasteiger charge is -2.12. The molecule has 1 atom stereocenters. The number of nitrogens with one attached hydrogen (secondary N) is 1. The molecule has 0 fully saturated rings. The van der Waals surface area contributed by atoms with E-state index < -0.39 is 22.1 Å². The summed E-state index contributed by atoms with van der Waals surface area (Å²) in [5, 5.41) is 0.935. The smallest absolute Gasteiger partial charge is 0.341 e. The zero-order valence-electron chi connectivity index (χ0n) is 16.6. The standard InChI is InChI=1S/C22H22N2O5S/c1-3-4-13-28-16-9-11-17(12-10-16)30(26,27)29-22(25)20(23)14-19-15(2)24-21-8-6-5-7-18(19)21/h5-12,20,24H,13-14,23H2,1-2H3/t20-/m0/s1. The van der Waals surface area contributed by atoms with Gasteiger partial charge in [-0.25, -0.2) is 4.79 Å². The Balaban J connectivity index is 1.69. The first-order valence-electron chi connectivity index (χ1n) is 9.24. The summed E-state index contributed by atoms with van der Waals surface area (Å²) in [7, 11) is -4.30. The van der Waals surface area contributed by atoms with Gasteiger partial charge in [0.1, 0.15) is 23.3 Å². The van der Waals surface area contributed by atoms with Crippen LogP contribution in [0.15, 0.2) is 53.4 Å². The molecule has 0 radical (unpaired) electrons. The fourth-order valence-electron chi connectivity index (χ4n) is 3.01. The third-order valence-electron chi connectivity index (χ3n) is 4.55. The summed E-state index contributed by atoms with van der Waals surface area (Å²) in [6, 6.07) is 12.0. The number of aryl methyl sites for hydroxylation is 1. The zero-order chi connectivity index (χ0) is 21.7. The molecule has 0 bridgehead atoms. The summed E-state index contributed by atoms with van der Waals surface area (Å²) in [5.41, 5.74) is 8.60. The highest BCUT2D eigenvalue weighted by molar-refractivity contribution is 7.87. The van der Waals surface area contributed by atoms with Gasteiger partial charge in [-0.15, -0.1) is 5.92 Å². The third kappa shape index (κ3) is 4.82. The molecular weight excluding hydrogens is 404 g/mol. The monoisotopic (exact) mass is 426 g/mol. The van der Waals surface area contributed by atoms with Gasteiger partial charge in [-0.05, 0) is 49.7 Å². The van der Waals surface area contributed by atoms with Gasteiger partial charge in [-0.3, -0.25) is 0 Å². The van der Waals surface area contributed by atoms with Crippen molar-refractivity contribution in [2.24, 2.45) is 5.73 Å². The van der Waals surface area contributed by atoms with Gasteiger partial charge in [0, 0.05) is 23.0 Å². The number of H-pyrrole nitrogens is 1. The van der Waals surface area contributed by atoms with Crippen molar-refractivity contribution in [3.05, 3.63) is 59.8 Å². The van der Waals surface area contributed by atoms with Crippen molar-refractivity contribution in [2.75, 3.05) is 6.61 Å². The molecule has 7 nitrogen and oxygen atoms in total. The average Bonchev–Trinajstić information content (AvgIpc) is 3.03. The Kier molecular flexibility index (Phi) is 6.45. The van der Waals surface area contributed by atoms with Gasteiger partial charge in [-0.2, -0.15) is 8.42 Å². The van der Waals surface area contributed by atoms with E-state index in [1.54, 1.807) is 6.92 Å². The lowest BCUT2D eigenvalue weighted by molar-refractivity contribution is -0.135. The van der Waals surface area contributed by atoms with Crippen LogP contribution < -0.4 is 10.5 Å². The molecular formula is C22H22N2O5S. The van der Waals surface area contributed by atoms with Gasteiger partial charge in [0.05, 0.1) is 0 Å². The Bertz CT molecular complexity index is 1220. The van der Waals surface area contributed by atoms with Gasteiger partial charge in [0.2, 0.25) is 0 Å². The fourth-order valence-corrected chi connectivity index (χ4v) is 3.92. The zero-order valence-corrected chi connectivity index (χ0v) is 17.5. The first-order chi connectivity index (χ1) is 14.3. The highest BCUT2D eigenvalue weighted by Crippen LogP contribution is 2.24. The number of carbonyl (C=O) groups excluding carboxylic acids is 1. The molecule has 3 N–H and O–H groups in total. The van der Waals surface area contributed by atoms with Crippen LogP contribution in [-0.4, -0.2) is 32.0 Å². The predicted molar refractivity (Wildman–Crippen MR) is 113 cm³/mol. The van der Waals surface area contributed by atoms with Crippen LogP contribution in [-0.2, 0) is 25.5 Å². The quantitative estimate of drug-likeness (QED) is 0.444. The van der Waals surface area contributed by atoms with E-state index in [4.69, 9.17) is 14.7 Å². The molecule has 0 saturated heterocycles. The van der Waals surface area contributed by atoms with Crippen molar-refractivity contribution in [3.63, 3.8) is 0 Å². The van der Waals surface area contributed by atoms with Gasteiger partial charge in [0.25, 0.3) is 0 Å². The van der Waals surface area contributed by atoms with Crippen molar-refractivity contribution in [3.8, 4) is 17.6 Å². The predicted octanol–water partition coefficient (Wildman–Crippen LogP) is 2.68. The number of fused-ring (bicyclic) bond motifs is 1. The molecule has 8 heteroatoms. The highest BCUT2D eigenvalue weighted by atomic mass is 32.2. The number of para-hydroxylation sites is 1.